The zero-order chi connectivity index (χ0) is 16.1. The van der Waals surface area contributed by atoms with Gasteiger partial charge in [-0.1, -0.05) is 15.9 Å². The van der Waals surface area contributed by atoms with E-state index >= 15 is 0 Å². The van der Waals surface area contributed by atoms with Crippen LogP contribution in [0.3, 0.4) is 0 Å². The number of rotatable bonds is 3. The fourth-order valence-corrected chi connectivity index (χ4v) is 3.73. The van der Waals surface area contributed by atoms with Crippen LogP contribution in [0.4, 0.5) is 4.39 Å². The van der Waals surface area contributed by atoms with E-state index < -0.39 is 0 Å². The number of benzene rings is 1. The summed E-state index contributed by atoms with van der Waals surface area (Å²) < 4.78 is 17.5. The van der Waals surface area contributed by atoms with E-state index in [1.165, 1.54) is 24.5 Å². The molecule has 118 valence electrons. The van der Waals surface area contributed by atoms with Gasteiger partial charge in [0.2, 0.25) is 0 Å². The molecule has 4 heteroatoms. The molecule has 0 N–H and O–H groups in total. The lowest BCUT2D eigenvalue weighted by molar-refractivity contribution is 0.628. The minimum absolute atomic E-state index is 0.214. The molecule has 1 aliphatic rings. The van der Waals surface area contributed by atoms with E-state index in [1.54, 1.807) is 0 Å². The molecule has 23 heavy (non-hydrogen) atoms. The fourth-order valence-electron chi connectivity index (χ4n) is 3.19. The number of hydrogen-bond acceptors (Lipinski definition) is 1. The van der Waals surface area contributed by atoms with Crippen LogP contribution in [0.2, 0.25) is 0 Å². The minimum Gasteiger partial charge on any atom is -0.303 e. The van der Waals surface area contributed by atoms with Crippen LogP contribution in [0, 0.1) is 25.6 Å². The van der Waals surface area contributed by atoms with Gasteiger partial charge in [0.05, 0.1) is 11.4 Å². The van der Waals surface area contributed by atoms with Crippen LogP contribution in [-0.2, 0) is 6.42 Å². The highest BCUT2D eigenvalue weighted by atomic mass is 79.9. The molecule has 0 unspecified atom stereocenters. The predicted octanol–water partition coefficient (Wildman–Crippen LogP) is 5.47. The minimum atomic E-state index is -0.214. The monoisotopic (exact) mass is 372 g/mol. The Morgan fingerprint density at radius 2 is 2.04 bits per heavy atom. The number of fused-ring (bicyclic) bond motifs is 1. The van der Waals surface area contributed by atoms with Crippen molar-refractivity contribution in [2.24, 2.45) is 5.92 Å². The Labute approximate surface area is 143 Å². The molecule has 1 aliphatic carbocycles. The fraction of sp³-hybridized carbons (Fsp3) is 0.316. The van der Waals surface area contributed by atoms with E-state index in [4.69, 9.17) is 4.98 Å². The molecule has 1 fully saturated rings. The molecule has 0 amide bonds. The maximum absolute atomic E-state index is 14.7. The first-order chi connectivity index (χ1) is 11.0. The van der Waals surface area contributed by atoms with E-state index in [-0.39, 0.29) is 5.82 Å². The summed E-state index contributed by atoms with van der Waals surface area (Å²) in [6.07, 6.45) is 5.56. The lowest BCUT2D eigenvalue weighted by Gasteiger charge is -2.09. The normalized spacial score (nSPS) is 14.6. The van der Waals surface area contributed by atoms with Gasteiger partial charge in [0, 0.05) is 16.2 Å². The van der Waals surface area contributed by atoms with Gasteiger partial charge in [-0.2, -0.15) is 0 Å². The van der Waals surface area contributed by atoms with Crippen LogP contribution in [0.5, 0.6) is 0 Å². The molecule has 0 saturated heterocycles. The number of hydrogen-bond donors (Lipinski definition) is 0. The molecule has 0 radical (unpaired) electrons. The molecule has 2 nitrogen and oxygen atoms in total. The molecule has 1 saturated carbocycles. The average Bonchev–Trinajstić information content (AvgIpc) is 3.21. The van der Waals surface area contributed by atoms with Gasteiger partial charge in [-0.25, -0.2) is 9.37 Å². The summed E-state index contributed by atoms with van der Waals surface area (Å²) in [7, 11) is 0. The number of pyridine rings is 1. The third-order valence-electron chi connectivity index (χ3n) is 4.55. The van der Waals surface area contributed by atoms with E-state index in [2.05, 4.69) is 45.6 Å². The van der Waals surface area contributed by atoms with Gasteiger partial charge in [0.1, 0.15) is 11.5 Å². The maximum Gasteiger partial charge on any atom is 0.137 e. The SMILES string of the molecule is Cc1ccn2c(CC3CC3)c(-c3c(C)cc(Br)cc3F)nc2c1. The Morgan fingerprint density at radius 3 is 2.74 bits per heavy atom. The summed E-state index contributed by atoms with van der Waals surface area (Å²) in [5.41, 5.74) is 5.54. The smallest absolute Gasteiger partial charge is 0.137 e. The Hall–Kier alpha value is -1.68. The lowest BCUT2D eigenvalue weighted by atomic mass is 10.0. The van der Waals surface area contributed by atoms with Crippen LogP contribution < -0.4 is 0 Å². The molecule has 0 bridgehead atoms. The zero-order valence-electron chi connectivity index (χ0n) is 13.2. The highest BCUT2D eigenvalue weighted by molar-refractivity contribution is 9.10. The summed E-state index contributed by atoms with van der Waals surface area (Å²) in [4.78, 5) is 4.78. The first-order valence-corrected chi connectivity index (χ1v) is 8.76. The highest BCUT2D eigenvalue weighted by Gasteiger charge is 2.27. The summed E-state index contributed by atoms with van der Waals surface area (Å²) >= 11 is 3.37. The summed E-state index contributed by atoms with van der Waals surface area (Å²) in [6, 6.07) is 7.62. The summed E-state index contributed by atoms with van der Waals surface area (Å²) in [6.45, 7) is 4.00. The predicted molar refractivity (Wildman–Crippen MR) is 94.2 cm³/mol. The van der Waals surface area contributed by atoms with Gasteiger partial charge in [-0.15, -0.1) is 0 Å². The van der Waals surface area contributed by atoms with E-state index in [0.29, 0.717) is 11.5 Å². The van der Waals surface area contributed by atoms with Gasteiger partial charge in [-0.05, 0) is 74.4 Å². The molecule has 0 spiro atoms. The average molecular weight is 373 g/mol. The van der Waals surface area contributed by atoms with Crippen LogP contribution in [0.15, 0.2) is 34.9 Å². The third-order valence-corrected chi connectivity index (χ3v) is 5.01. The van der Waals surface area contributed by atoms with Crippen molar-refractivity contribution in [1.82, 2.24) is 9.38 Å². The van der Waals surface area contributed by atoms with E-state index in [9.17, 15) is 4.39 Å². The number of imidazole rings is 1. The first kappa shape index (κ1) is 14.9. The molecule has 2 aromatic heterocycles. The summed E-state index contributed by atoms with van der Waals surface area (Å²) in [5, 5.41) is 0. The second-order valence-corrected chi connectivity index (χ2v) is 7.48. The van der Waals surface area contributed by atoms with Crippen molar-refractivity contribution in [2.45, 2.75) is 33.1 Å². The molecule has 1 aromatic carbocycles. The van der Waals surface area contributed by atoms with Gasteiger partial charge < -0.3 is 4.40 Å². The molecule has 0 aliphatic heterocycles. The molecule has 4 rings (SSSR count). The summed E-state index contributed by atoms with van der Waals surface area (Å²) in [5.74, 6) is 0.503. The second-order valence-electron chi connectivity index (χ2n) is 6.57. The molecule has 0 atom stereocenters. The Morgan fingerprint density at radius 1 is 1.26 bits per heavy atom. The lowest BCUT2D eigenvalue weighted by Crippen LogP contribution is -1.99. The zero-order valence-corrected chi connectivity index (χ0v) is 14.8. The topological polar surface area (TPSA) is 17.3 Å². The highest BCUT2D eigenvalue weighted by Crippen LogP contribution is 2.38. The molecule has 3 aromatic rings. The second kappa shape index (κ2) is 5.45. The van der Waals surface area contributed by atoms with E-state index in [1.807, 2.05) is 13.0 Å². The van der Waals surface area contributed by atoms with Crippen molar-refractivity contribution in [3.05, 3.63) is 57.6 Å². The van der Waals surface area contributed by atoms with Crippen molar-refractivity contribution in [1.29, 1.82) is 0 Å². The van der Waals surface area contributed by atoms with Crippen molar-refractivity contribution in [3.8, 4) is 11.3 Å². The van der Waals surface area contributed by atoms with Gasteiger partial charge in [0.25, 0.3) is 0 Å². The Bertz CT molecular complexity index is 886. The number of nitrogens with zero attached hydrogens (tertiary/aromatic N) is 2. The van der Waals surface area contributed by atoms with Crippen molar-refractivity contribution >= 4 is 21.6 Å². The number of halogens is 2. The largest absolute Gasteiger partial charge is 0.303 e. The third kappa shape index (κ3) is 2.69. The molecular weight excluding hydrogens is 355 g/mol. The Balaban J connectivity index is 1.98. The van der Waals surface area contributed by atoms with Crippen LogP contribution in [0.25, 0.3) is 16.9 Å². The molecule has 2 heterocycles. The van der Waals surface area contributed by atoms with Crippen LogP contribution >= 0.6 is 15.9 Å². The van der Waals surface area contributed by atoms with Crippen molar-refractivity contribution < 1.29 is 4.39 Å². The Kier molecular flexibility index (Phi) is 3.52. The van der Waals surface area contributed by atoms with Crippen molar-refractivity contribution in [2.75, 3.05) is 0 Å². The quantitative estimate of drug-likeness (QED) is 0.595. The van der Waals surface area contributed by atoms with Gasteiger partial charge in [0.15, 0.2) is 0 Å². The van der Waals surface area contributed by atoms with Gasteiger partial charge in [-0.3, -0.25) is 0 Å². The van der Waals surface area contributed by atoms with Crippen LogP contribution in [0.1, 0.15) is 29.7 Å². The van der Waals surface area contributed by atoms with E-state index in [0.717, 1.165) is 33.5 Å². The van der Waals surface area contributed by atoms with Gasteiger partial charge >= 0.3 is 0 Å². The van der Waals surface area contributed by atoms with Crippen molar-refractivity contribution in [3.63, 3.8) is 0 Å². The molecular formula is C19H18BrFN2. The first-order valence-electron chi connectivity index (χ1n) is 7.96. The standard InChI is InChI=1S/C19H18BrFN2/c1-11-5-6-23-16(9-13-3-4-13)19(22-17(23)7-11)18-12(2)8-14(20)10-15(18)21/h5-8,10,13H,3-4,9H2,1-2H3. The number of aryl methyl sites for hydroxylation is 2. The number of aromatic nitrogens is 2. The van der Waals surface area contributed by atoms with Crippen LogP contribution in [-0.4, -0.2) is 9.38 Å². The maximum atomic E-state index is 14.7.